The summed E-state index contributed by atoms with van der Waals surface area (Å²) in [4.78, 5) is 10.9. The number of nitrogens with two attached hydrogens (primary N) is 1. The summed E-state index contributed by atoms with van der Waals surface area (Å²) in [6, 6.07) is 4.63. The summed E-state index contributed by atoms with van der Waals surface area (Å²) in [5.74, 6) is -1.91. The van der Waals surface area contributed by atoms with Gasteiger partial charge in [0.25, 0.3) is 0 Å². The SMILES string of the molecule is NCO[B][C@H](CCc1ccc(C(F)(F)F)cc1)C(=O)O. The molecule has 0 aliphatic heterocycles. The van der Waals surface area contributed by atoms with Crippen molar-refractivity contribution >= 4 is 13.5 Å². The molecule has 3 N–H and O–H groups in total. The summed E-state index contributed by atoms with van der Waals surface area (Å²) in [7, 11) is 1.13. The van der Waals surface area contributed by atoms with Gasteiger partial charge in [-0.2, -0.15) is 13.2 Å². The Bertz CT molecular complexity index is 437. The first-order valence-electron chi connectivity index (χ1n) is 5.88. The van der Waals surface area contributed by atoms with Gasteiger partial charge in [-0.1, -0.05) is 12.1 Å². The number of carbonyl (C=O) groups is 1. The average molecular weight is 288 g/mol. The fourth-order valence-electron chi connectivity index (χ4n) is 1.60. The lowest BCUT2D eigenvalue weighted by atomic mass is 9.76. The smallest absolute Gasteiger partial charge is 0.416 e. The van der Waals surface area contributed by atoms with Gasteiger partial charge in [-0.25, -0.2) is 0 Å². The number of aryl methyl sites for hydroxylation is 1. The Morgan fingerprint density at radius 3 is 2.40 bits per heavy atom. The normalized spacial score (nSPS) is 13.0. The van der Waals surface area contributed by atoms with E-state index in [0.29, 0.717) is 12.0 Å². The molecule has 0 aliphatic rings. The minimum atomic E-state index is -4.37. The van der Waals surface area contributed by atoms with Gasteiger partial charge in [0.1, 0.15) is 0 Å². The van der Waals surface area contributed by atoms with Crippen molar-refractivity contribution < 1.29 is 27.7 Å². The molecule has 4 nitrogen and oxygen atoms in total. The fourth-order valence-corrected chi connectivity index (χ4v) is 1.60. The molecule has 20 heavy (non-hydrogen) atoms. The van der Waals surface area contributed by atoms with E-state index >= 15 is 0 Å². The number of benzene rings is 1. The number of hydrogen-bond acceptors (Lipinski definition) is 3. The van der Waals surface area contributed by atoms with Crippen LogP contribution in [0.25, 0.3) is 0 Å². The zero-order chi connectivity index (χ0) is 15.2. The fraction of sp³-hybridized carbons (Fsp3) is 0.417. The molecule has 1 radical (unpaired) electrons. The molecular formula is C12H14BF3NO3. The topological polar surface area (TPSA) is 72.5 Å². The molecule has 0 spiro atoms. The zero-order valence-electron chi connectivity index (χ0n) is 10.6. The largest absolute Gasteiger partial charge is 0.481 e. The molecule has 1 rings (SSSR count). The number of alkyl halides is 3. The maximum absolute atomic E-state index is 12.4. The maximum atomic E-state index is 12.4. The molecule has 0 bridgehead atoms. The lowest BCUT2D eigenvalue weighted by Crippen LogP contribution is -2.20. The Hall–Kier alpha value is -1.54. The van der Waals surface area contributed by atoms with Gasteiger partial charge in [-0.05, 0) is 30.5 Å². The predicted molar refractivity (Wildman–Crippen MR) is 67.0 cm³/mol. The Morgan fingerprint density at radius 1 is 1.35 bits per heavy atom. The molecule has 0 fully saturated rings. The van der Waals surface area contributed by atoms with Crippen LogP contribution in [0.4, 0.5) is 13.2 Å². The number of hydrogen-bond donors (Lipinski definition) is 2. The first-order chi connectivity index (χ1) is 9.34. The third-order valence-electron chi connectivity index (χ3n) is 2.70. The van der Waals surface area contributed by atoms with Crippen LogP contribution in [0.1, 0.15) is 17.5 Å². The van der Waals surface area contributed by atoms with Crippen LogP contribution >= 0.6 is 0 Å². The number of carboxylic acid groups (broad SMARTS) is 1. The van der Waals surface area contributed by atoms with E-state index < -0.39 is 23.5 Å². The Kier molecular flexibility index (Phi) is 6.03. The number of rotatable bonds is 7. The summed E-state index contributed by atoms with van der Waals surface area (Å²) < 4.78 is 41.8. The van der Waals surface area contributed by atoms with Crippen molar-refractivity contribution in [1.29, 1.82) is 0 Å². The van der Waals surface area contributed by atoms with E-state index in [9.17, 15) is 18.0 Å². The van der Waals surface area contributed by atoms with Gasteiger partial charge in [-0.15, -0.1) is 0 Å². The molecule has 0 saturated carbocycles. The van der Waals surface area contributed by atoms with Crippen LogP contribution in [0, 0.1) is 0 Å². The van der Waals surface area contributed by atoms with Crippen LogP contribution in [0.15, 0.2) is 24.3 Å². The van der Waals surface area contributed by atoms with Crippen molar-refractivity contribution in [3.8, 4) is 0 Å². The molecular weight excluding hydrogens is 274 g/mol. The molecule has 0 aliphatic carbocycles. The van der Waals surface area contributed by atoms with Crippen molar-refractivity contribution in [2.75, 3.05) is 6.73 Å². The average Bonchev–Trinajstić information content (AvgIpc) is 2.38. The molecule has 0 saturated heterocycles. The molecule has 1 atom stereocenters. The van der Waals surface area contributed by atoms with Crippen molar-refractivity contribution in [3.63, 3.8) is 0 Å². The van der Waals surface area contributed by atoms with E-state index in [4.69, 9.17) is 15.5 Å². The third kappa shape index (κ3) is 5.22. The standard InChI is InChI=1S/C12H14BF3NO3/c14-12(15,16)9-4-1-8(2-5-9)3-6-10(11(18)19)13-20-7-17/h1-2,4-5,10H,3,6-7,17H2,(H,18,19)/t10-/m1/s1. The van der Waals surface area contributed by atoms with Crippen molar-refractivity contribution in [2.24, 2.45) is 5.73 Å². The van der Waals surface area contributed by atoms with E-state index in [1.165, 1.54) is 12.1 Å². The Labute approximate surface area is 115 Å². The molecule has 0 amide bonds. The van der Waals surface area contributed by atoms with Gasteiger partial charge < -0.3 is 15.5 Å². The zero-order valence-corrected chi connectivity index (χ0v) is 10.6. The summed E-state index contributed by atoms with van der Waals surface area (Å²) in [6.07, 6.45) is -3.81. The van der Waals surface area contributed by atoms with Crippen molar-refractivity contribution in [2.45, 2.75) is 24.8 Å². The molecule has 0 aromatic heterocycles. The summed E-state index contributed by atoms with van der Waals surface area (Å²) in [5.41, 5.74) is 4.99. The molecule has 1 aromatic rings. The van der Waals surface area contributed by atoms with E-state index in [1.807, 2.05) is 0 Å². The molecule has 0 unspecified atom stereocenters. The molecule has 109 valence electrons. The minimum Gasteiger partial charge on any atom is -0.481 e. The minimum absolute atomic E-state index is 0.121. The summed E-state index contributed by atoms with van der Waals surface area (Å²) in [6.45, 7) is -0.121. The van der Waals surface area contributed by atoms with Crippen LogP contribution in [-0.4, -0.2) is 25.3 Å². The molecule has 1 aromatic carbocycles. The van der Waals surface area contributed by atoms with Gasteiger partial charge in [0.15, 0.2) is 0 Å². The van der Waals surface area contributed by atoms with E-state index in [-0.39, 0.29) is 13.2 Å². The highest BCUT2D eigenvalue weighted by Crippen LogP contribution is 2.29. The number of carboxylic acids is 1. The maximum Gasteiger partial charge on any atom is 0.416 e. The third-order valence-corrected chi connectivity index (χ3v) is 2.70. The van der Waals surface area contributed by atoms with Crippen molar-refractivity contribution in [1.82, 2.24) is 0 Å². The highest BCUT2D eigenvalue weighted by molar-refractivity contribution is 6.36. The van der Waals surface area contributed by atoms with Gasteiger partial charge >= 0.3 is 19.6 Å². The highest BCUT2D eigenvalue weighted by atomic mass is 19.4. The second-order valence-electron chi connectivity index (χ2n) is 4.15. The lowest BCUT2D eigenvalue weighted by Gasteiger charge is -2.11. The monoisotopic (exact) mass is 288 g/mol. The second-order valence-corrected chi connectivity index (χ2v) is 4.15. The Morgan fingerprint density at radius 2 is 1.95 bits per heavy atom. The number of aliphatic carboxylic acids is 1. The predicted octanol–water partition coefficient (Wildman–Crippen LogP) is 2.06. The van der Waals surface area contributed by atoms with Crippen LogP contribution in [-0.2, 0) is 22.0 Å². The quantitative estimate of drug-likeness (QED) is 0.595. The van der Waals surface area contributed by atoms with Crippen LogP contribution in [0.3, 0.4) is 0 Å². The lowest BCUT2D eigenvalue weighted by molar-refractivity contribution is -0.138. The highest BCUT2D eigenvalue weighted by Gasteiger charge is 2.30. The summed E-state index contributed by atoms with van der Waals surface area (Å²) in [5, 5.41) is 8.93. The van der Waals surface area contributed by atoms with E-state index in [2.05, 4.69) is 0 Å². The van der Waals surface area contributed by atoms with E-state index in [0.717, 1.165) is 19.6 Å². The van der Waals surface area contributed by atoms with Crippen LogP contribution < -0.4 is 5.73 Å². The van der Waals surface area contributed by atoms with Gasteiger partial charge in [0.05, 0.1) is 18.1 Å². The van der Waals surface area contributed by atoms with Crippen LogP contribution in [0.2, 0.25) is 5.82 Å². The van der Waals surface area contributed by atoms with E-state index in [1.54, 1.807) is 0 Å². The van der Waals surface area contributed by atoms with Crippen LogP contribution in [0.5, 0.6) is 0 Å². The van der Waals surface area contributed by atoms with Gasteiger partial charge in [0.2, 0.25) is 0 Å². The van der Waals surface area contributed by atoms with Gasteiger partial charge in [-0.3, -0.25) is 4.79 Å². The first-order valence-corrected chi connectivity index (χ1v) is 5.88. The van der Waals surface area contributed by atoms with Crippen molar-refractivity contribution in [3.05, 3.63) is 35.4 Å². The number of halogens is 3. The summed E-state index contributed by atoms with van der Waals surface area (Å²) >= 11 is 0. The molecule has 0 heterocycles. The Balaban J connectivity index is 2.58. The first kappa shape index (κ1) is 16.5. The molecule has 8 heteroatoms. The van der Waals surface area contributed by atoms with Gasteiger partial charge in [0, 0.05) is 0 Å². The second kappa shape index (κ2) is 7.30.